The molecule has 2 unspecified atom stereocenters. The lowest BCUT2D eigenvalue weighted by Gasteiger charge is -2.34. The van der Waals surface area contributed by atoms with Crippen molar-refractivity contribution >= 4 is 15.9 Å². The maximum Gasteiger partial charge on any atom is 0.251 e. The molecule has 2 aliphatic rings. The normalized spacial score (nSPS) is 25.8. The highest BCUT2D eigenvalue weighted by atomic mass is 32.2. The van der Waals surface area contributed by atoms with Crippen LogP contribution < -0.4 is 10.6 Å². The first kappa shape index (κ1) is 19.3. The van der Waals surface area contributed by atoms with E-state index < -0.39 is 10.0 Å². The van der Waals surface area contributed by atoms with E-state index in [2.05, 4.69) is 24.5 Å². The van der Waals surface area contributed by atoms with Gasteiger partial charge in [-0.05, 0) is 62.4 Å². The Morgan fingerprint density at radius 3 is 2.46 bits per heavy atom. The summed E-state index contributed by atoms with van der Waals surface area (Å²) < 4.78 is 27.6. The van der Waals surface area contributed by atoms with Crippen LogP contribution in [0.2, 0.25) is 0 Å². The van der Waals surface area contributed by atoms with Crippen LogP contribution in [0, 0.1) is 11.8 Å². The van der Waals surface area contributed by atoms with Gasteiger partial charge in [-0.2, -0.15) is 4.31 Å². The number of carbonyl (C=O) groups excluding carboxylic acids is 1. The first-order valence-electron chi connectivity index (χ1n) is 9.48. The Morgan fingerprint density at radius 2 is 1.81 bits per heavy atom. The van der Waals surface area contributed by atoms with E-state index in [-0.39, 0.29) is 16.8 Å². The van der Waals surface area contributed by atoms with Crippen LogP contribution in [0.3, 0.4) is 0 Å². The van der Waals surface area contributed by atoms with E-state index in [9.17, 15) is 13.2 Å². The first-order chi connectivity index (χ1) is 12.4. The summed E-state index contributed by atoms with van der Waals surface area (Å²) in [4.78, 5) is 12.7. The van der Waals surface area contributed by atoms with Crippen LogP contribution in [0.5, 0.6) is 0 Å². The average Bonchev–Trinajstić information content (AvgIpc) is 2.62. The molecule has 6 nitrogen and oxygen atoms in total. The maximum atomic E-state index is 13.0. The zero-order valence-electron chi connectivity index (χ0n) is 15.6. The smallest absolute Gasteiger partial charge is 0.251 e. The monoisotopic (exact) mass is 379 g/mol. The van der Waals surface area contributed by atoms with Crippen molar-refractivity contribution in [1.82, 2.24) is 14.9 Å². The van der Waals surface area contributed by atoms with Crippen molar-refractivity contribution in [1.29, 1.82) is 0 Å². The minimum atomic E-state index is -3.57. The van der Waals surface area contributed by atoms with Crippen molar-refractivity contribution in [2.75, 3.05) is 26.2 Å². The van der Waals surface area contributed by atoms with E-state index in [4.69, 9.17) is 0 Å². The molecule has 0 aromatic heterocycles. The fourth-order valence-corrected chi connectivity index (χ4v) is 5.71. The average molecular weight is 380 g/mol. The second kappa shape index (κ2) is 8.06. The molecule has 0 aliphatic carbocycles. The van der Waals surface area contributed by atoms with Gasteiger partial charge in [0.05, 0.1) is 4.90 Å². The molecular formula is C19H29N3O3S. The highest BCUT2D eigenvalue weighted by Crippen LogP contribution is 2.27. The summed E-state index contributed by atoms with van der Waals surface area (Å²) in [7, 11) is -3.57. The number of carbonyl (C=O) groups is 1. The van der Waals surface area contributed by atoms with Crippen LogP contribution in [0.25, 0.3) is 0 Å². The number of hydrogen-bond acceptors (Lipinski definition) is 4. The highest BCUT2D eigenvalue weighted by molar-refractivity contribution is 7.89. The largest absolute Gasteiger partial charge is 0.349 e. The molecule has 0 bridgehead atoms. The Balaban J connectivity index is 1.76. The summed E-state index contributed by atoms with van der Waals surface area (Å²) in [6.07, 6.45) is 2.84. The zero-order chi connectivity index (χ0) is 18.7. The van der Waals surface area contributed by atoms with E-state index in [1.807, 2.05) is 0 Å². The molecule has 0 spiro atoms. The summed E-state index contributed by atoms with van der Waals surface area (Å²) in [5.74, 6) is 0.495. The second-order valence-electron chi connectivity index (χ2n) is 7.79. The molecule has 1 aromatic carbocycles. The summed E-state index contributed by atoms with van der Waals surface area (Å²) in [5, 5.41) is 6.28. The first-order valence-corrected chi connectivity index (χ1v) is 10.9. The van der Waals surface area contributed by atoms with E-state index in [0.717, 1.165) is 32.4 Å². The van der Waals surface area contributed by atoms with Crippen molar-refractivity contribution < 1.29 is 13.2 Å². The Morgan fingerprint density at radius 1 is 1.15 bits per heavy atom. The number of hydrogen-bond donors (Lipinski definition) is 2. The van der Waals surface area contributed by atoms with Crippen molar-refractivity contribution in [2.45, 2.75) is 44.0 Å². The quantitative estimate of drug-likeness (QED) is 0.837. The van der Waals surface area contributed by atoms with Gasteiger partial charge in [0.2, 0.25) is 10.0 Å². The van der Waals surface area contributed by atoms with Crippen molar-refractivity contribution in [3.8, 4) is 0 Å². The minimum Gasteiger partial charge on any atom is -0.349 e. The molecule has 0 saturated carbocycles. The molecule has 7 heteroatoms. The van der Waals surface area contributed by atoms with E-state index >= 15 is 0 Å². The third-order valence-electron chi connectivity index (χ3n) is 5.24. The molecule has 0 radical (unpaired) electrons. The maximum absolute atomic E-state index is 13.0. The lowest BCUT2D eigenvalue weighted by Crippen LogP contribution is -2.43. The van der Waals surface area contributed by atoms with E-state index in [1.165, 1.54) is 6.07 Å². The Bertz CT molecular complexity index is 734. The Labute approximate surface area is 156 Å². The summed E-state index contributed by atoms with van der Waals surface area (Å²) in [6, 6.07) is 6.57. The number of rotatable bonds is 4. The number of sulfonamides is 1. The van der Waals surface area contributed by atoms with E-state index in [0.29, 0.717) is 30.5 Å². The molecule has 144 valence electrons. The fourth-order valence-electron chi connectivity index (χ4n) is 3.98. The molecule has 1 amide bonds. The van der Waals surface area contributed by atoms with Crippen LogP contribution in [0.4, 0.5) is 0 Å². The summed E-state index contributed by atoms with van der Waals surface area (Å²) >= 11 is 0. The molecular weight excluding hydrogens is 350 g/mol. The van der Waals surface area contributed by atoms with Crippen molar-refractivity contribution in [3.63, 3.8) is 0 Å². The molecule has 2 aliphatic heterocycles. The molecule has 2 atom stereocenters. The predicted octanol–water partition coefficient (Wildman–Crippen LogP) is 1.83. The second-order valence-corrected chi connectivity index (χ2v) is 9.73. The number of piperidine rings is 2. The van der Waals surface area contributed by atoms with Crippen LogP contribution in [0.15, 0.2) is 29.2 Å². The van der Waals surface area contributed by atoms with Crippen molar-refractivity contribution in [2.24, 2.45) is 11.8 Å². The molecule has 2 fully saturated rings. The predicted molar refractivity (Wildman–Crippen MR) is 102 cm³/mol. The topological polar surface area (TPSA) is 78.5 Å². The van der Waals surface area contributed by atoms with Gasteiger partial charge in [-0.3, -0.25) is 4.79 Å². The third-order valence-corrected chi connectivity index (χ3v) is 7.07. The molecule has 1 aromatic rings. The minimum absolute atomic E-state index is 0.146. The fraction of sp³-hybridized carbons (Fsp3) is 0.632. The number of amides is 1. The number of nitrogens with one attached hydrogen (secondary N) is 2. The summed E-state index contributed by atoms with van der Waals surface area (Å²) in [5.41, 5.74) is 0.405. The lowest BCUT2D eigenvalue weighted by molar-refractivity contribution is 0.0929. The SMILES string of the molecule is CC1CC(C)CN(S(=O)(=O)c2cccc(C(=O)NC3CCNCC3)c2)C1. The zero-order valence-corrected chi connectivity index (χ0v) is 16.4. The van der Waals surface area contributed by atoms with Gasteiger partial charge < -0.3 is 10.6 Å². The van der Waals surface area contributed by atoms with Crippen LogP contribution in [-0.4, -0.2) is 50.9 Å². The van der Waals surface area contributed by atoms with Gasteiger partial charge in [0.25, 0.3) is 5.91 Å². The Hall–Kier alpha value is -1.44. The van der Waals surface area contributed by atoms with Gasteiger partial charge in [-0.25, -0.2) is 8.42 Å². The van der Waals surface area contributed by atoms with Crippen LogP contribution in [0.1, 0.15) is 43.5 Å². The third kappa shape index (κ3) is 4.45. The lowest BCUT2D eigenvalue weighted by atomic mass is 9.94. The summed E-state index contributed by atoms with van der Waals surface area (Å²) in [6.45, 7) is 7.04. The van der Waals surface area contributed by atoms with Gasteiger partial charge in [0.1, 0.15) is 0 Å². The highest BCUT2D eigenvalue weighted by Gasteiger charge is 2.32. The molecule has 2 N–H and O–H groups in total. The molecule has 2 heterocycles. The van der Waals surface area contributed by atoms with Crippen molar-refractivity contribution in [3.05, 3.63) is 29.8 Å². The van der Waals surface area contributed by atoms with Crippen LogP contribution >= 0.6 is 0 Å². The Kier molecular flexibility index (Phi) is 5.99. The standard InChI is InChI=1S/C19H29N3O3S/c1-14-10-15(2)13-22(12-14)26(24,25)18-5-3-4-16(11-18)19(23)21-17-6-8-20-9-7-17/h3-5,11,14-15,17,20H,6-10,12-13H2,1-2H3,(H,21,23). The van der Waals surface area contributed by atoms with Gasteiger partial charge in [-0.1, -0.05) is 19.9 Å². The molecule has 2 saturated heterocycles. The van der Waals surface area contributed by atoms with Gasteiger partial charge in [0.15, 0.2) is 0 Å². The number of nitrogens with zero attached hydrogens (tertiary/aromatic N) is 1. The van der Waals surface area contributed by atoms with Gasteiger partial charge >= 0.3 is 0 Å². The van der Waals surface area contributed by atoms with Gasteiger partial charge in [-0.15, -0.1) is 0 Å². The number of benzene rings is 1. The molecule has 3 rings (SSSR count). The van der Waals surface area contributed by atoms with E-state index in [1.54, 1.807) is 22.5 Å². The molecule has 26 heavy (non-hydrogen) atoms. The van der Waals surface area contributed by atoms with Gasteiger partial charge in [0, 0.05) is 24.7 Å². The van der Waals surface area contributed by atoms with Crippen LogP contribution in [-0.2, 0) is 10.0 Å².